The Morgan fingerprint density at radius 1 is 0.975 bits per heavy atom. The van der Waals surface area contributed by atoms with Crippen LogP contribution in [0.15, 0.2) is 72.5 Å². The summed E-state index contributed by atoms with van der Waals surface area (Å²) >= 11 is 0. The molecule has 0 aliphatic carbocycles. The standard InChI is InChI=1S/C27H33N4O8P/c1-30(2)13-10-22-17-31(25-9-8-23(35-3)14-24(22)25)40(34,38-18-36-26(32)20-6-4-11-28-15-20)39-19-37-27(33)21-7-5-12-29-16-21/h4-5,8-9,11-12,14-17,28-29H,6-7,10,13,18-19H2,1-3H3. The number of hydrogen-bond acceptors (Lipinski definition) is 11. The van der Waals surface area contributed by atoms with E-state index in [0.29, 0.717) is 41.7 Å². The second-order valence-electron chi connectivity index (χ2n) is 9.15. The zero-order valence-electron chi connectivity index (χ0n) is 22.6. The number of hydrogen-bond donors (Lipinski definition) is 2. The molecule has 13 heteroatoms. The Kier molecular flexibility index (Phi) is 9.84. The highest BCUT2D eigenvalue weighted by atomic mass is 31.2. The predicted molar refractivity (Wildman–Crippen MR) is 148 cm³/mol. The van der Waals surface area contributed by atoms with Gasteiger partial charge in [0.2, 0.25) is 13.6 Å². The maximum Gasteiger partial charge on any atom is 0.445 e. The van der Waals surface area contributed by atoms with Gasteiger partial charge in [0.15, 0.2) is 0 Å². The van der Waals surface area contributed by atoms with Crippen molar-refractivity contribution in [2.24, 2.45) is 0 Å². The molecule has 1 aromatic carbocycles. The molecule has 0 atom stereocenters. The molecular weight excluding hydrogens is 539 g/mol. The predicted octanol–water partition coefficient (Wildman–Crippen LogP) is 3.53. The van der Waals surface area contributed by atoms with Crippen LogP contribution in [-0.4, -0.2) is 62.5 Å². The van der Waals surface area contributed by atoms with E-state index in [0.717, 1.165) is 17.5 Å². The monoisotopic (exact) mass is 572 g/mol. The number of methoxy groups -OCH3 is 1. The lowest BCUT2D eigenvalue weighted by molar-refractivity contribution is -0.147. The number of rotatable bonds is 13. The Morgan fingerprint density at radius 3 is 2.08 bits per heavy atom. The molecule has 0 spiro atoms. The van der Waals surface area contributed by atoms with Gasteiger partial charge in [0.05, 0.1) is 23.8 Å². The quantitative estimate of drug-likeness (QED) is 0.208. The fourth-order valence-electron chi connectivity index (χ4n) is 3.98. The van der Waals surface area contributed by atoms with Crippen LogP contribution in [0, 0.1) is 0 Å². The van der Waals surface area contributed by atoms with Crippen molar-refractivity contribution < 1.29 is 37.4 Å². The molecule has 214 valence electrons. The number of nitrogens with zero attached hydrogens (tertiary/aromatic N) is 2. The number of fused-ring (bicyclic) bond motifs is 1. The van der Waals surface area contributed by atoms with Crippen LogP contribution in [0.25, 0.3) is 10.9 Å². The van der Waals surface area contributed by atoms with Gasteiger partial charge in [0, 0.05) is 43.4 Å². The molecule has 0 bridgehead atoms. The number of dihydropyridines is 2. The van der Waals surface area contributed by atoms with Gasteiger partial charge in [-0.3, -0.25) is 13.4 Å². The molecule has 12 nitrogen and oxygen atoms in total. The summed E-state index contributed by atoms with van der Waals surface area (Å²) in [4.78, 5) is 26.9. The van der Waals surface area contributed by atoms with Gasteiger partial charge in [-0.2, -0.15) is 0 Å². The number of ether oxygens (including phenoxy) is 3. The molecule has 2 aliphatic heterocycles. The van der Waals surface area contributed by atoms with Crippen LogP contribution in [0.5, 0.6) is 5.75 Å². The molecule has 0 saturated carbocycles. The zero-order chi connectivity index (χ0) is 28.5. The van der Waals surface area contributed by atoms with Crippen molar-refractivity contribution in [3.05, 3.63) is 78.1 Å². The molecule has 0 saturated heterocycles. The van der Waals surface area contributed by atoms with Crippen molar-refractivity contribution in [1.29, 1.82) is 0 Å². The second-order valence-corrected chi connectivity index (χ2v) is 11.0. The molecule has 0 fully saturated rings. The second kappa shape index (κ2) is 13.5. The Morgan fingerprint density at radius 2 is 1.57 bits per heavy atom. The number of nitrogens with one attached hydrogen (secondary N) is 2. The number of esters is 2. The Balaban J connectivity index is 1.58. The third-order valence-corrected chi connectivity index (χ3v) is 7.84. The molecule has 3 heterocycles. The Hall–Kier alpha value is -3.83. The van der Waals surface area contributed by atoms with E-state index in [1.165, 1.54) is 16.7 Å². The summed E-state index contributed by atoms with van der Waals surface area (Å²) < 4.78 is 42.7. The number of likely N-dealkylation sites (N-methyl/N-ethyl adjacent to an activating group) is 1. The number of benzene rings is 1. The summed E-state index contributed by atoms with van der Waals surface area (Å²) in [7, 11) is 1.23. The van der Waals surface area contributed by atoms with Gasteiger partial charge in [0.1, 0.15) is 5.75 Å². The lowest BCUT2D eigenvalue weighted by atomic mass is 10.1. The summed E-state index contributed by atoms with van der Waals surface area (Å²) in [5.74, 6) is -0.635. The van der Waals surface area contributed by atoms with E-state index in [2.05, 4.69) is 10.6 Å². The molecule has 2 N–H and O–H groups in total. The summed E-state index contributed by atoms with van der Waals surface area (Å²) in [6.45, 7) is -0.589. The summed E-state index contributed by atoms with van der Waals surface area (Å²) in [6.07, 6.45) is 13.1. The van der Waals surface area contributed by atoms with Crippen molar-refractivity contribution in [2.45, 2.75) is 19.3 Å². The molecule has 40 heavy (non-hydrogen) atoms. The van der Waals surface area contributed by atoms with Crippen molar-refractivity contribution in [3.8, 4) is 5.75 Å². The third-order valence-electron chi connectivity index (χ3n) is 6.12. The van der Waals surface area contributed by atoms with Gasteiger partial charge in [-0.1, -0.05) is 12.2 Å². The van der Waals surface area contributed by atoms with Crippen LogP contribution in [0.3, 0.4) is 0 Å². The largest absolute Gasteiger partial charge is 0.497 e. The van der Waals surface area contributed by atoms with Crippen LogP contribution in [-0.2, 0) is 39.1 Å². The summed E-state index contributed by atoms with van der Waals surface area (Å²) in [5.41, 5.74) is 2.18. The minimum absolute atomic E-state index is 0.378. The van der Waals surface area contributed by atoms with Crippen LogP contribution < -0.4 is 15.4 Å². The average molecular weight is 573 g/mol. The van der Waals surface area contributed by atoms with Gasteiger partial charge in [-0.25, -0.2) is 14.2 Å². The van der Waals surface area contributed by atoms with Crippen LogP contribution in [0.1, 0.15) is 18.4 Å². The van der Waals surface area contributed by atoms with Gasteiger partial charge < -0.3 is 29.7 Å². The number of carbonyl (C=O) groups is 2. The molecular formula is C27H33N4O8P. The van der Waals surface area contributed by atoms with Crippen molar-refractivity contribution >= 4 is 30.6 Å². The van der Waals surface area contributed by atoms with Crippen molar-refractivity contribution in [1.82, 2.24) is 19.9 Å². The van der Waals surface area contributed by atoms with Crippen LogP contribution >= 0.6 is 7.75 Å². The fraction of sp³-hybridized carbons (Fsp3) is 0.333. The van der Waals surface area contributed by atoms with Gasteiger partial charge in [-0.05, 0) is 56.7 Å². The maximum absolute atomic E-state index is 14.3. The smallest absolute Gasteiger partial charge is 0.445 e. The lowest BCUT2D eigenvalue weighted by Gasteiger charge is -2.20. The normalized spacial score (nSPS) is 14.8. The minimum atomic E-state index is -4.25. The van der Waals surface area contributed by atoms with E-state index >= 15 is 0 Å². The highest BCUT2D eigenvalue weighted by molar-refractivity contribution is 7.52. The lowest BCUT2D eigenvalue weighted by Crippen LogP contribution is -2.17. The van der Waals surface area contributed by atoms with Crippen molar-refractivity contribution in [2.75, 3.05) is 41.3 Å². The van der Waals surface area contributed by atoms with E-state index in [4.69, 9.17) is 23.3 Å². The van der Waals surface area contributed by atoms with E-state index in [9.17, 15) is 14.2 Å². The van der Waals surface area contributed by atoms with Gasteiger partial charge >= 0.3 is 19.7 Å². The molecule has 2 aliphatic rings. The van der Waals surface area contributed by atoms with Gasteiger partial charge in [0.25, 0.3) is 0 Å². The molecule has 2 aromatic rings. The van der Waals surface area contributed by atoms with E-state index in [1.807, 2.05) is 25.1 Å². The van der Waals surface area contributed by atoms with E-state index in [-0.39, 0.29) is 0 Å². The number of allylic oxidation sites excluding steroid dienone is 2. The highest BCUT2D eigenvalue weighted by Gasteiger charge is 2.32. The van der Waals surface area contributed by atoms with Gasteiger partial charge in [-0.15, -0.1) is 0 Å². The van der Waals surface area contributed by atoms with Crippen LogP contribution in [0.4, 0.5) is 0 Å². The minimum Gasteiger partial charge on any atom is -0.497 e. The summed E-state index contributed by atoms with van der Waals surface area (Å²) in [6, 6.07) is 5.30. The maximum atomic E-state index is 14.3. The van der Waals surface area contributed by atoms with Crippen molar-refractivity contribution in [3.63, 3.8) is 0 Å². The zero-order valence-corrected chi connectivity index (χ0v) is 23.5. The highest BCUT2D eigenvalue weighted by Crippen LogP contribution is 2.52. The molecule has 0 radical (unpaired) electrons. The first-order chi connectivity index (χ1) is 19.3. The van der Waals surface area contributed by atoms with E-state index < -0.39 is 33.3 Å². The third kappa shape index (κ3) is 7.22. The molecule has 0 amide bonds. The first kappa shape index (κ1) is 29.2. The fourth-order valence-corrected chi connectivity index (χ4v) is 5.39. The molecule has 0 unspecified atom stereocenters. The summed E-state index contributed by atoms with van der Waals surface area (Å²) in [5, 5.41) is 6.44. The first-order valence-corrected chi connectivity index (χ1v) is 14.1. The first-order valence-electron chi connectivity index (χ1n) is 12.6. The van der Waals surface area contributed by atoms with E-state index in [1.54, 1.807) is 50.0 Å². The molecule has 4 rings (SSSR count). The number of carbonyl (C=O) groups excluding carboxylic acids is 2. The topological polar surface area (TPSA) is 130 Å². The molecule has 1 aromatic heterocycles. The Bertz CT molecular complexity index is 1350. The number of aromatic nitrogens is 1. The van der Waals surface area contributed by atoms with Crippen LogP contribution in [0.2, 0.25) is 0 Å². The Labute approximate surface area is 232 Å². The average Bonchev–Trinajstić information content (AvgIpc) is 3.35. The SMILES string of the molecule is COc1ccc2c(c1)c(CCN(C)C)cn2P(=O)(OCOC(=O)C1=CNC=CC1)OCOC(=O)C1=CNC=CC1.